The van der Waals surface area contributed by atoms with Gasteiger partial charge in [0, 0.05) is 16.8 Å². The first-order valence-electron chi connectivity index (χ1n) is 7.10. The third-order valence-electron chi connectivity index (χ3n) is 3.56. The highest BCUT2D eigenvalue weighted by molar-refractivity contribution is 6.32. The summed E-state index contributed by atoms with van der Waals surface area (Å²) in [5.41, 5.74) is 3.32. The molecule has 0 spiro atoms. The lowest BCUT2D eigenvalue weighted by Gasteiger charge is -2.11. The fourth-order valence-corrected chi connectivity index (χ4v) is 2.80. The summed E-state index contributed by atoms with van der Waals surface area (Å²) < 4.78 is 5.18. The fraction of sp³-hybridized carbons (Fsp3) is 0.222. The second-order valence-corrected chi connectivity index (χ2v) is 5.76. The summed E-state index contributed by atoms with van der Waals surface area (Å²) in [6, 6.07) is 8.47. The third-order valence-corrected chi connectivity index (χ3v) is 3.84. The zero-order chi connectivity index (χ0) is 17.1. The molecule has 2 aromatic rings. The molecule has 0 aliphatic carbocycles. The van der Waals surface area contributed by atoms with Gasteiger partial charge in [0.2, 0.25) is 0 Å². The largest absolute Gasteiger partial charge is 0.495 e. The maximum absolute atomic E-state index is 12.4. The molecule has 23 heavy (non-hydrogen) atoms. The van der Waals surface area contributed by atoms with E-state index in [4.69, 9.17) is 16.3 Å². The molecule has 120 valence electrons. The first-order chi connectivity index (χ1) is 10.8. The number of methoxy groups -OCH3 is 1. The fourth-order valence-electron chi connectivity index (χ4n) is 2.46. The van der Waals surface area contributed by atoms with Crippen LogP contribution in [-0.4, -0.2) is 18.8 Å². The van der Waals surface area contributed by atoms with E-state index in [9.17, 15) is 9.59 Å². The molecule has 1 amide bonds. The van der Waals surface area contributed by atoms with Crippen molar-refractivity contribution in [1.29, 1.82) is 0 Å². The number of ketones is 1. The molecule has 4 nitrogen and oxygen atoms in total. The van der Waals surface area contributed by atoms with Crippen molar-refractivity contribution in [3.8, 4) is 5.75 Å². The number of amides is 1. The SMILES string of the molecule is COc1c(C)cc(C(=O)Nc2ccc(C(C)=O)c(C)c2)cc1Cl. The van der Waals surface area contributed by atoms with Gasteiger partial charge in [-0.2, -0.15) is 0 Å². The molecule has 0 heterocycles. The van der Waals surface area contributed by atoms with Crippen molar-refractivity contribution < 1.29 is 14.3 Å². The van der Waals surface area contributed by atoms with Gasteiger partial charge in [0.1, 0.15) is 5.75 Å². The molecule has 0 radical (unpaired) electrons. The van der Waals surface area contributed by atoms with Crippen LogP contribution in [0.5, 0.6) is 5.75 Å². The topological polar surface area (TPSA) is 55.4 Å². The molecule has 0 unspecified atom stereocenters. The average Bonchev–Trinajstić information content (AvgIpc) is 2.46. The minimum absolute atomic E-state index is 0.00191. The van der Waals surface area contributed by atoms with Crippen molar-refractivity contribution >= 4 is 29.0 Å². The van der Waals surface area contributed by atoms with E-state index >= 15 is 0 Å². The molecule has 5 heteroatoms. The summed E-state index contributed by atoms with van der Waals surface area (Å²) in [6.07, 6.45) is 0. The number of carbonyl (C=O) groups is 2. The Balaban J connectivity index is 2.26. The Morgan fingerprint density at radius 2 is 1.78 bits per heavy atom. The molecule has 0 fully saturated rings. The highest BCUT2D eigenvalue weighted by Gasteiger charge is 2.13. The van der Waals surface area contributed by atoms with Crippen molar-refractivity contribution in [1.82, 2.24) is 0 Å². The zero-order valence-corrected chi connectivity index (χ0v) is 14.2. The van der Waals surface area contributed by atoms with E-state index < -0.39 is 0 Å². The Kier molecular flexibility index (Phi) is 5.06. The van der Waals surface area contributed by atoms with E-state index in [0.29, 0.717) is 27.6 Å². The van der Waals surface area contributed by atoms with Crippen LogP contribution in [0.3, 0.4) is 0 Å². The lowest BCUT2D eigenvalue weighted by Crippen LogP contribution is -2.13. The van der Waals surface area contributed by atoms with Gasteiger partial charge in [-0.1, -0.05) is 11.6 Å². The summed E-state index contributed by atoms with van der Waals surface area (Å²) in [4.78, 5) is 23.8. The van der Waals surface area contributed by atoms with E-state index in [1.807, 2.05) is 13.8 Å². The Morgan fingerprint density at radius 1 is 1.09 bits per heavy atom. The van der Waals surface area contributed by atoms with Crippen molar-refractivity contribution in [2.45, 2.75) is 20.8 Å². The van der Waals surface area contributed by atoms with Gasteiger partial charge < -0.3 is 10.1 Å². The monoisotopic (exact) mass is 331 g/mol. The molecule has 0 saturated carbocycles. The number of benzene rings is 2. The predicted molar refractivity (Wildman–Crippen MR) is 91.9 cm³/mol. The number of halogens is 1. The number of hydrogen-bond acceptors (Lipinski definition) is 3. The van der Waals surface area contributed by atoms with Gasteiger partial charge in [0.15, 0.2) is 5.78 Å². The standard InChI is InChI=1S/C18H18ClNO3/c1-10-8-14(5-6-15(10)12(3)21)20-18(22)13-7-11(2)17(23-4)16(19)9-13/h5-9H,1-4H3,(H,20,22). The number of hydrogen-bond donors (Lipinski definition) is 1. The minimum atomic E-state index is -0.271. The maximum Gasteiger partial charge on any atom is 0.255 e. The van der Waals surface area contributed by atoms with E-state index in [1.165, 1.54) is 14.0 Å². The molecular formula is C18H18ClNO3. The number of rotatable bonds is 4. The Bertz CT molecular complexity index is 761. The maximum atomic E-state index is 12.4. The number of anilines is 1. The summed E-state index contributed by atoms with van der Waals surface area (Å²) in [5, 5.41) is 3.20. The number of Topliss-reactive ketones (excluding diaryl/α,β-unsaturated/α-hetero) is 1. The molecule has 0 aliphatic heterocycles. The van der Waals surface area contributed by atoms with Crippen molar-refractivity contribution in [3.63, 3.8) is 0 Å². The Morgan fingerprint density at radius 3 is 2.30 bits per heavy atom. The van der Waals surface area contributed by atoms with Gasteiger partial charge in [-0.05, 0) is 62.2 Å². The lowest BCUT2D eigenvalue weighted by atomic mass is 10.0. The molecule has 0 aromatic heterocycles. The van der Waals surface area contributed by atoms with E-state index in [1.54, 1.807) is 30.3 Å². The van der Waals surface area contributed by atoms with Gasteiger partial charge in [-0.3, -0.25) is 9.59 Å². The van der Waals surface area contributed by atoms with Crippen molar-refractivity contribution in [3.05, 3.63) is 57.6 Å². The highest BCUT2D eigenvalue weighted by Crippen LogP contribution is 2.30. The molecule has 0 aliphatic rings. The average molecular weight is 332 g/mol. The molecule has 2 rings (SSSR count). The molecule has 0 atom stereocenters. The van der Waals surface area contributed by atoms with Crippen LogP contribution in [0, 0.1) is 13.8 Å². The minimum Gasteiger partial charge on any atom is -0.495 e. The van der Waals surface area contributed by atoms with Crippen LogP contribution in [-0.2, 0) is 0 Å². The highest BCUT2D eigenvalue weighted by atomic mass is 35.5. The lowest BCUT2D eigenvalue weighted by molar-refractivity contribution is 0.101. The molecule has 1 N–H and O–H groups in total. The smallest absolute Gasteiger partial charge is 0.255 e. The van der Waals surface area contributed by atoms with Gasteiger partial charge >= 0.3 is 0 Å². The predicted octanol–water partition coefficient (Wildman–Crippen LogP) is 4.42. The number of carbonyl (C=O) groups excluding carboxylic acids is 2. The zero-order valence-electron chi connectivity index (χ0n) is 13.5. The quantitative estimate of drug-likeness (QED) is 0.844. The summed E-state index contributed by atoms with van der Waals surface area (Å²) in [7, 11) is 1.54. The van der Waals surface area contributed by atoms with Gasteiger partial charge in [0.05, 0.1) is 12.1 Å². The first kappa shape index (κ1) is 17.0. The number of nitrogens with one attached hydrogen (secondary N) is 1. The molecule has 0 saturated heterocycles. The number of ether oxygens (including phenoxy) is 1. The summed E-state index contributed by atoms with van der Waals surface area (Å²) >= 11 is 6.12. The second-order valence-electron chi connectivity index (χ2n) is 5.35. The van der Waals surface area contributed by atoms with E-state index in [0.717, 1.165) is 11.1 Å². The van der Waals surface area contributed by atoms with Gasteiger partial charge in [-0.25, -0.2) is 0 Å². The van der Waals surface area contributed by atoms with Crippen molar-refractivity contribution in [2.24, 2.45) is 0 Å². The Hall–Kier alpha value is -2.33. The summed E-state index contributed by atoms with van der Waals surface area (Å²) in [6.45, 7) is 5.18. The van der Waals surface area contributed by atoms with Crippen molar-refractivity contribution in [2.75, 3.05) is 12.4 Å². The third kappa shape index (κ3) is 3.71. The molecular weight excluding hydrogens is 314 g/mol. The van der Waals surface area contributed by atoms with Gasteiger partial charge in [-0.15, -0.1) is 0 Å². The van der Waals surface area contributed by atoms with E-state index in [-0.39, 0.29) is 11.7 Å². The first-order valence-corrected chi connectivity index (χ1v) is 7.48. The normalized spacial score (nSPS) is 10.3. The second kappa shape index (κ2) is 6.84. The van der Waals surface area contributed by atoms with E-state index in [2.05, 4.69) is 5.32 Å². The van der Waals surface area contributed by atoms with Crippen LogP contribution < -0.4 is 10.1 Å². The van der Waals surface area contributed by atoms with Crippen LogP contribution in [0.2, 0.25) is 5.02 Å². The number of aryl methyl sites for hydroxylation is 2. The van der Waals surface area contributed by atoms with Gasteiger partial charge in [0.25, 0.3) is 5.91 Å². The Labute approximate surface area is 140 Å². The molecule has 2 aromatic carbocycles. The van der Waals surface area contributed by atoms with Crippen LogP contribution in [0.4, 0.5) is 5.69 Å². The van der Waals surface area contributed by atoms with Crippen LogP contribution in [0.1, 0.15) is 38.8 Å². The molecule has 0 bridgehead atoms. The van der Waals surface area contributed by atoms with Crippen LogP contribution >= 0.6 is 11.6 Å². The van der Waals surface area contributed by atoms with Crippen LogP contribution in [0.15, 0.2) is 30.3 Å². The summed E-state index contributed by atoms with van der Waals surface area (Å²) in [5.74, 6) is 0.287. The van der Waals surface area contributed by atoms with Crippen LogP contribution in [0.25, 0.3) is 0 Å².